The molecule has 8 nitrogen and oxygen atoms in total. The van der Waals surface area contributed by atoms with Gasteiger partial charge in [-0.15, -0.1) is 10.2 Å². The van der Waals surface area contributed by atoms with Crippen LogP contribution in [0.4, 0.5) is 0 Å². The first-order valence-corrected chi connectivity index (χ1v) is 10.7. The van der Waals surface area contributed by atoms with Crippen LogP contribution in [-0.4, -0.2) is 20.8 Å². The van der Waals surface area contributed by atoms with E-state index in [2.05, 4.69) is 44.0 Å². The van der Waals surface area contributed by atoms with Gasteiger partial charge in [0.1, 0.15) is 17.9 Å². The summed E-state index contributed by atoms with van der Waals surface area (Å²) < 4.78 is 50.9. The maximum atomic E-state index is 8.49. The van der Waals surface area contributed by atoms with Crippen molar-refractivity contribution >= 4 is 11.0 Å². The van der Waals surface area contributed by atoms with Crippen LogP contribution in [0.15, 0.2) is 46.9 Å². The van der Waals surface area contributed by atoms with Crippen LogP contribution in [-0.2, 0) is 0 Å². The van der Waals surface area contributed by atoms with Crippen molar-refractivity contribution < 1.29 is 47.8 Å². The molecular formula is C22H26ClNO7. The van der Waals surface area contributed by atoms with E-state index in [0.717, 1.165) is 34.2 Å². The summed E-state index contributed by atoms with van der Waals surface area (Å²) in [5.74, 6) is 2.72. The standard InChI is InChI=1S/C22H25NO3.ClHO4/c1-14(2)13-23-18-12-21(26-19-8-6-15(3)10-17(18)19)16-7-9-20(24-4)22(11-16)25-5;2-1(3,4)5/h6-12,14H,13H2,1-5H3;(H,2,3,4,5). The first-order chi connectivity index (χ1) is 14.5. The fraction of sp³-hybridized carbons (Fsp3) is 0.318. The van der Waals surface area contributed by atoms with Gasteiger partial charge in [0.25, 0.3) is 0 Å². The van der Waals surface area contributed by atoms with Crippen LogP contribution in [0.25, 0.3) is 22.3 Å². The van der Waals surface area contributed by atoms with E-state index >= 15 is 0 Å². The minimum absolute atomic E-state index is 0.552. The van der Waals surface area contributed by atoms with Gasteiger partial charge >= 0.3 is 0 Å². The van der Waals surface area contributed by atoms with Crippen molar-refractivity contribution in [3.05, 3.63) is 53.4 Å². The van der Waals surface area contributed by atoms with Crippen molar-refractivity contribution in [1.29, 1.82) is 0 Å². The number of fused-ring (bicyclic) bond motifs is 1. The SMILES string of the molecule is COc1ccc(-c2cc(=[NH+]CC(C)C)c3cc(C)ccc3o2)cc1OC.[O-][Cl+3]([O-])([O-])[O-]. The zero-order valence-corrected chi connectivity index (χ0v) is 18.8. The Hall–Kier alpha value is -2.62. The number of benzene rings is 2. The fourth-order valence-electron chi connectivity index (χ4n) is 2.89. The number of rotatable bonds is 5. The van der Waals surface area contributed by atoms with Crippen molar-refractivity contribution in [2.45, 2.75) is 20.8 Å². The van der Waals surface area contributed by atoms with Gasteiger partial charge in [-0.25, -0.2) is 23.6 Å². The quantitative estimate of drug-likeness (QED) is 0.488. The van der Waals surface area contributed by atoms with Gasteiger partial charge < -0.3 is 13.9 Å². The van der Waals surface area contributed by atoms with Crippen LogP contribution in [0, 0.1) is 23.1 Å². The minimum atomic E-state index is -4.94. The first kappa shape index (κ1) is 24.6. The van der Waals surface area contributed by atoms with Gasteiger partial charge in [-0.05, 0) is 37.3 Å². The largest absolute Gasteiger partial charge is 0.493 e. The number of ether oxygens (including phenoxy) is 2. The highest BCUT2D eigenvalue weighted by molar-refractivity contribution is 5.79. The third-order valence-electron chi connectivity index (χ3n) is 4.29. The average molecular weight is 452 g/mol. The molecule has 0 aliphatic carbocycles. The first-order valence-electron chi connectivity index (χ1n) is 9.47. The molecule has 2 aromatic carbocycles. The minimum Gasteiger partial charge on any atom is -0.493 e. The summed E-state index contributed by atoms with van der Waals surface area (Å²) in [6.07, 6.45) is 0. The Morgan fingerprint density at radius 1 is 0.935 bits per heavy atom. The molecule has 0 aliphatic rings. The number of nitrogens with one attached hydrogen (secondary N) is 1. The summed E-state index contributed by atoms with van der Waals surface area (Å²) in [6, 6.07) is 14.1. The molecule has 168 valence electrons. The molecule has 3 rings (SSSR count). The molecule has 1 heterocycles. The average Bonchev–Trinajstić information content (AvgIpc) is 2.70. The smallest absolute Gasteiger partial charge is 0.213 e. The predicted octanol–water partition coefficient (Wildman–Crippen LogP) is -1.69. The summed E-state index contributed by atoms with van der Waals surface area (Å²) in [6.45, 7) is 7.39. The Bertz CT molecular complexity index is 1080. The lowest BCUT2D eigenvalue weighted by Gasteiger charge is -2.17. The van der Waals surface area contributed by atoms with Gasteiger partial charge in [0, 0.05) is 11.5 Å². The summed E-state index contributed by atoms with van der Waals surface area (Å²) in [4.78, 5) is 3.56. The van der Waals surface area contributed by atoms with E-state index in [4.69, 9.17) is 32.5 Å². The lowest BCUT2D eigenvalue weighted by atomic mass is 10.1. The predicted molar refractivity (Wildman–Crippen MR) is 103 cm³/mol. The maximum Gasteiger partial charge on any atom is 0.213 e. The third kappa shape index (κ3) is 7.54. The second kappa shape index (κ2) is 10.6. The van der Waals surface area contributed by atoms with Crippen LogP contribution < -0.4 is 38.5 Å². The Morgan fingerprint density at radius 3 is 2.16 bits per heavy atom. The van der Waals surface area contributed by atoms with Gasteiger partial charge in [0.2, 0.25) is 5.36 Å². The molecule has 0 atom stereocenters. The molecule has 0 aliphatic heterocycles. The molecule has 3 aromatic rings. The molecule has 0 fully saturated rings. The molecule has 0 spiro atoms. The highest BCUT2D eigenvalue weighted by Gasteiger charge is 2.12. The van der Waals surface area contributed by atoms with Crippen molar-refractivity contribution in [3.8, 4) is 22.8 Å². The van der Waals surface area contributed by atoms with Gasteiger partial charge in [-0.1, -0.05) is 25.5 Å². The van der Waals surface area contributed by atoms with Gasteiger partial charge in [0.05, 0.1) is 25.7 Å². The van der Waals surface area contributed by atoms with Crippen LogP contribution in [0.3, 0.4) is 0 Å². The molecule has 0 amide bonds. The fourth-order valence-corrected chi connectivity index (χ4v) is 2.89. The van der Waals surface area contributed by atoms with Crippen molar-refractivity contribution in [1.82, 2.24) is 0 Å². The van der Waals surface area contributed by atoms with E-state index in [9.17, 15) is 0 Å². The third-order valence-corrected chi connectivity index (χ3v) is 4.29. The van der Waals surface area contributed by atoms with E-state index < -0.39 is 10.2 Å². The lowest BCUT2D eigenvalue weighted by molar-refractivity contribution is -2.00. The van der Waals surface area contributed by atoms with Crippen LogP contribution in [0.1, 0.15) is 19.4 Å². The molecule has 9 heteroatoms. The molecule has 31 heavy (non-hydrogen) atoms. The Morgan fingerprint density at radius 2 is 1.58 bits per heavy atom. The van der Waals surface area contributed by atoms with Crippen LogP contribution in [0.2, 0.25) is 0 Å². The van der Waals surface area contributed by atoms with Gasteiger partial charge in [0.15, 0.2) is 11.5 Å². The van der Waals surface area contributed by atoms with Crippen LogP contribution in [0.5, 0.6) is 11.5 Å². The Labute approximate surface area is 182 Å². The number of aryl methyl sites for hydroxylation is 1. The second-order valence-corrected chi connectivity index (χ2v) is 8.00. The zero-order valence-electron chi connectivity index (χ0n) is 18.1. The van der Waals surface area contributed by atoms with Crippen molar-refractivity contribution in [3.63, 3.8) is 0 Å². The van der Waals surface area contributed by atoms with Gasteiger partial charge in [-0.3, -0.25) is 0 Å². The summed E-state index contributed by atoms with van der Waals surface area (Å²) in [5, 5.41) is 2.17. The molecule has 0 bridgehead atoms. The Balaban J connectivity index is 0.000000614. The van der Waals surface area contributed by atoms with E-state index in [1.807, 2.05) is 24.3 Å². The van der Waals surface area contributed by atoms with Gasteiger partial charge in [-0.2, -0.15) is 0 Å². The Kier molecular flexibility index (Phi) is 8.43. The summed E-state index contributed by atoms with van der Waals surface area (Å²) >= 11 is 0. The van der Waals surface area contributed by atoms with E-state index in [1.165, 1.54) is 5.56 Å². The molecule has 0 radical (unpaired) electrons. The summed E-state index contributed by atoms with van der Waals surface area (Å²) in [5.41, 5.74) is 3.01. The molecule has 1 N–H and O–H groups in total. The van der Waals surface area contributed by atoms with E-state index in [-0.39, 0.29) is 0 Å². The summed E-state index contributed by atoms with van der Waals surface area (Å²) in [7, 11) is -1.67. The zero-order chi connectivity index (χ0) is 23.2. The molecule has 1 aromatic heterocycles. The number of hydrogen-bond donors (Lipinski definition) is 1. The van der Waals surface area contributed by atoms with Crippen molar-refractivity contribution in [2.75, 3.05) is 20.8 Å². The maximum absolute atomic E-state index is 8.49. The molecule has 0 unspecified atom stereocenters. The van der Waals surface area contributed by atoms with E-state index in [1.54, 1.807) is 14.2 Å². The number of halogens is 1. The second-order valence-electron chi connectivity index (χ2n) is 7.25. The molecule has 0 saturated heterocycles. The molecule has 0 saturated carbocycles. The molecular weight excluding hydrogens is 426 g/mol. The normalized spacial score (nSPS) is 12.0. The topological polar surface area (TPSA) is 138 Å². The number of hydrogen-bond acceptors (Lipinski definition) is 7. The highest BCUT2D eigenvalue weighted by Crippen LogP contribution is 2.32. The monoisotopic (exact) mass is 451 g/mol. The lowest BCUT2D eigenvalue weighted by Crippen LogP contribution is -2.77. The van der Waals surface area contributed by atoms with E-state index in [0.29, 0.717) is 17.4 Å². The highest BCUT2D eigenvalue weighted by atomic mass is 35.7. The van der Waals surface area contributed by atoms with Crippen molar-refractivity contribution in [2.24, 2.45) is 5.92 Å². The number of methoxy groups -OCH3 is 2. The van der Waals surface area contributed by atoms with Crippen LogP contribution >= 0.6 is 0 Å².